The third-order valence-electron chi connectivity index (χ3n) is 2.47. The SMILES string of the molecule is CCCCOCCNc1cc([N+](=O)[O-])c(C)cn1. The number of nitrogens with one attached hydrogen (secondary N) is 1. The maximum absolute atomic E-state index is 10.7. The Morgan fingerprint density at radius 1 is 1.50 bits per heavy atom. The van der Waals surface area contributed by atoms with Crippen LogP contribution in [0.4, 0.5) is 11.5 Å². The van der Waals surface area contributed by atoms with Crippen molar-refractivity contribution in [3.05, 3.63) is 27.9 Å². The molecular weight excluding hydrogens is 234 g/mol. The minimum absolute atomic E-state index is 0.0828. The van der Waals surface area contributed by atoms with Gasteiger partial charge in [-0.2, -0.15) is 0 Å². The number of anilines is 1. The molecular formula is C12H19N3O3. The molecule has 0 atom stereocenters. The first-order chi connectivity index (χ1) is 8.65. The van der Waals surface area contributed by atoms with E-state index in [9.17, 15) is 10.1 Å². The van der Waals surface area contributed by atoms with Gasteiger partial charge in [-0.3, -0.25) is 10.1 Å². The molecule has 0 bridgehead atoms. The predicted octanol–water partition coefficient (Wildman–Crippen LogP) is 2.53. The summed E-state index contributed by atoms with van der Waals surface area (Å²) in [5.74, 6) is 0.506. The lowest BCUT2D eigenvalue weighted by Crippen LogP contribution is -2.11. The van der Waals surface area contributed by atoms with Crippen molar-refractivity contribution in [2.75, 3.05) is 25.1 Å². The van der Waals surface area contributed by atoms with E-state index in [1.807, 2.05) is 0 Å². The van der Waals surface area contributed by atoms with Gasteiger partial charge < -0.3 is 10.1 Å². The van der Waals surface area contributed by atoms with Crippen LogP contribution in [-0.2, 0) is 4.74 Å². The summed E-state index contributed by atoms with van der Waals surface area (Å²) in [6.45, 7) is 5.69. The lowest BCUT2D eigenvalue weighted by molar-refractivity contribution is -0.385. The van der Waals surface area contributed by atoms with Crippen LogP contribution in [0.5, 0.6) is 0 Å². The molecule has 1 aromatic heterocycles. The van der Waals surface area contributed by atoms with E-state index in [-0.39, 0.29) is 5.69 Å². The number of rotatable bonds is 8. The summed E-state index contributed by atoms with van der Waals surface area (Å²) in [7, 11) is 0. The van der Waals surface area contributed by atoms with E-state index in [0.717, 1.165) is 19.4 Å². The number of hydrogen-bond donors (Lipinski definition) is 1. The molecule has 0 aromatic carbocycles. The minimum atomic E-state index is -0.403. The summed E-state index contributed by atoms with van der Waals surface area (Å²) in [6, 6.07) is 1.45. The second-order valence-electron chi connectivity index (χ2n) is 4.01. The average Bonchev–Trinajstić information content (AvgIpc) is 2.35. The molecule has 1 rings (SSSR count). The zero-order valence-corrected chi connectivity index (χ0v) is 10.8. The molecule has 0 aliphatic carbocycles. The summed E-state index contributed by atoms with van der Waals surface area (Å²) >= 11 is 0. The van der Waals surface area contributed by atoms with Crippen LogP contribution in [0.15, 0.2) is 12.3 Å². The molecule has 100 valence electrons. The zero-order valence-electron chi connectivity index (χ0n) is 10.8. The van der Waals surface area contributed by atoms with Crippen LogP contribution in [-0.4, -0.2) is 29.7 Å². The van der Waals surface area contributed by atoms with Gasteiger partial charge in [0.2, 0.25) is 0 Å². The first-order valence-electron chi connectivity index (χ1n) is 6.07. The van der Waals surface area contributed by atoms with Gasteiger partial charge in [0.25, 0.3) is 5.69 Å². The smallest absolute Gasteiger partial charge is 0.277 e. The van der Waals surface area contributed by atoms with Gasteiger partial charge >= 0.3 is 0 Å². The van der Waals surface area contributed by atoms with Crippen molar-refractivity contribution in [3.63, 3.8) is 0 Å². The molecule has 1 aromatic rings. The molecule has 18 heavy (non-hydrogen) atoms. The highest BCUT2D eigenvalue weighted by atomic mass is 16.6. The molecule has 0 saturated heterocycles. The van der Waals surface area contributed by atoms with Crippen molar-refractivity contribution in [3.8, 4) is 0 Å². The Hall–Kier alpha value is -1.69. The fourth-order valence-electron chi connectivity index (χ4n) is 1.41. The third kappa shape index (κ3) is 4.67. The van der Waals surface area contributed by atoms with E-state index < -0.39 is 4.92 Å². The molecule has 0 spiro atoms. The quantitative estimate of drug-likeness (QED) is 0.437. The number of unbranched alkanes of at least 4 members (excludes halogenated alkanes) is 1. The number of aryl methyl sites for hydroxylation is 1. The predicted molar refractivity (Wildman–Crippen MR) is 69.8 cm³/mol. The van der Waals surface area contributed by atoms with Crippen LogP contribution < -0.4 is 5.32 Å². The largest absolute Gasteiger partial charge is 0.380 e. The van der Waals surface area contributed by atoms with E-state index in [0.29, 0.717) is 24.5 Å². The van der Waals surface area contributed by atoms with Crippen LogP contribution in [0.1, 0.15) is 25.3 Å². The fourth-order valence-corrected chi connectivity index (χ4v) is 1.41. The first kappa shape index (κ1) is 14.4. The van der Waals surface area contributed by atoms with Crippen molar-refractivity contribution < 1.29 is 9.66 Å². The van der Waals surface area contributed by atoms with Crippen molar-refractivity contribution >= 4 is 11.5 Å². The van der Waals surface area contributed by atoms with E-state index >= 15 is 0 Å². The van der Waals surface area contributed by atoms with E-state index in [4.69, 9.17) is 4.74 Å². The van der Waals surface area contributed by atoms with Crippen molar-refractivity contribution in [1.29, 1.82) is 0 Å². The van der Waals surface area contributed by atoms with Crippen LogP contribution in [0.25, 0.3) is 0 Å². The zero-order chi connectivity index (χ0) is 13.4. The Labute approximate surface area is 107 Å². The molecule has 1 N–H and O–H groups in total. The van der Waals surface area contributed by atoms with Crippen LogP contribution in [0.3, 0.4) is 0 Å². The number of pyridine rings is 1. The van der Waals surface area contributed by atoms with Gasteiger partial charge in [0.05, 0.1) is 17.6 Å². The van der Waals surface area contributed by atoms with Gasteiger partial charge in [-0.05, 0) is 13.3 Å². The van der Waals surface area contributed by atoms with Crippen LogP contribution in [0, 0.1) is 17.0 Å². The van der Waals surface area contributed by atoms with E-state index in [1.54, 1.807) is 6.92 Å². The Morgan fingerprint density at radius 2 is 2.28 bits per heavy atom. The second kappa shape index (κ2) is 7.60. The maximum atomic E-state index is 10.7. The van der Waals surface area contributed by atoms with Crippen molar-refractivity contribution in [2.24, 2.45) is 0 Å². The van der Waals surface area contributed by atoms with Gasteiger partial charge in [-0.15, -0.1) is 0 Å². The number of aromatic nitrogens is 1. The fraction of sp³-hybridized carbons (Fsp3) is 0.583. The Kier molecular flexibility index (Phi) is 6.07. The topological polar surface area (TPSA) is 77.3 Å². The lowest BCUT2D eigenvalue weighted by Gasteiger charge is -2.06. The number of hydrogen-bond acceptors (Lipinski definition) is 5. The van der Waals surface area contributed by atoms with Crippen LogP contribution >= 0.6 is 0 Å². The van der Waals surface area contributed by atoms with Gasteiger partial charge in [0, 0.05) is 24.9 Å². The normalized spacial score (nSPS) is 10.3. The monoisotopic (exact) mass is 253 g/mol. The number of nitro groups is 1. The molecule has 6 nitrogen and oxygen atoms in total. The molecule has 0 unspecified atom stereocenters. The standard InChI is InChI=1S/C12H19N3O3/c1-3-4-6-18-7-5-13-12-8-11(15(16)17)10(2)9-14-12/h8-9H,3-7H2,1-2H3,(H,13,14). The van der Waals surface area contributed by atoms with Crippen molar-refractivity contribution in [2.45, 2.75) is 26.7 Å². The number of ether oxygens (including phenoxy) is 1. The molecule has 0 fully saturated rings. The van der Waals surface area contributed by atoms with E-state index in [2.05, 4.69) is 17.2 Å². The molecule has 6 heteroatoms. The molecule has 0 amide bonds. The van der Waals surface area contributed by atoms with Crippen molar-refractivity contribution in [1.82, 2.24) is 4.98 Å². The molecule has 0 saturated carbocycles. The summed E-state index contributed by atoms with van der Waals surface area (Å²) in [6.07, 6.45) is 3.66. The molecule has 0 aliphatic heterocycles. The Balaban J connectivity index is 2.38. The number of nitrogens with zero attached hydrogens (tertiary/aromatic N) is 2. The third-order valence-corrected chi connectivity index (χ3v) is 2.47. The van der Waals surface area contributed by atoms with Crippen LogP contribution in [0.2, 0.25) is 0 Å². The summed E-state index contributed by atoms with van der Waals surface area (Å²) in [5.41, 5.74) is 0.643. The summed E-state index contributed by atoms with van der Waals surface area (Å²) < 4.78 is 5.37. The Bertz CT molecular complexity index is 396. The highest BCUT2D eigenvalue weighted by Crippen LogP contribution is 2.19. The average molecular weight is 253 g/mol. The molecule has 0 radical (unpaired) electrons. The Morgan fingerprint density at radius 3 is 2.94 bits per heavy atom. The first-order valence-corrected chi connectivity index (χ1v) is 6.07. The van der Waals surface area contributed by atoms with Gasteiger partial charge in [0.15, 0.2) is 0 Å². The minimum Gasteiger partial charge on any atom is -0.380 e. The molecule has 0 aliphatic rings. The summed E-state index contributed by atoms with van der Waals surface area (Å²) in [4.78, 5) is 14.4. The van der Waals surface area contributed by atoms with Gasteiger partial charge in [0.1, 0.15) is 5.82 Å². The van der Waals surface area contributed by atoms with Gasteiger partial charge in [-0.1, -0.05) is 13.3 Å². The highest BCUT2D eigenvalue weighted by molar-refractivity contribution is 5.48. The molecule has 1 heterocycles. The maximum Gasteiger partial charge on any atom is 0.277 e. The van der Waals surface area contributed by atoms with Gasteiger partial charge in [-0.25, -0.2) is 4.98 Å². The second-order valence-corrected chi connectivity index (χ2v) is 4.01. The highest BCUT2D eigenvalue weighted by Gasteiger charge is 2.11. The lowest BCUT2D eigenvalue weighted by atomic mass is 10.2. The van der Waals surface area contributed by atoms with E-state index in [1.165, 1.54) is 12.3 Å². The summed E-state index contributed by atoms with van der Waals surface area (Å²) in [5, 5.41) is 13.8.